The number of rotatable bonds is 5. The average Bonchev–Trinajstić information content (AvgIpc) is 2.45. The lowest BCUT2D eigenvalue weighted by atomic mass is 10.2. The van der Waals surface area contributed by atoms with Crippen molar-refractivity contribution in [3.63, 3.8) is 0 Å². The standard InChI is InChI=1S/C13H12N2O4/c1-18-10-4-2-3-9(5-10)7-19-12-11(13(16)17)6-14-8-15-12/h2-6,8H,7H2,1H3,(H,16,17). The van der Waals surface area contributed by atoms with Gasteiger partial charge in [0.1, 0.15) is 24.2 Å². The molecule has 0 bridgehead atoms. The van der Waals surface area contributed by atoms with Crippen molar-refractivity contribution in [2.24, 2.45) is 0 Å². The molecule has 0 amide bonds. The summed E-state index contributed by atoms with van der Waals surface area (Å²) in [5, 5.41) is 8.97. The Labute approximate surface area is 109 Å². The fourth-order valence-corrected chi connectivity index (χ4v) is 1.49. The van der Waals surface area contributed by atoms with Gasteiger partial charge in [0.05, 0.1) is 7.11 Å². The SMILES string of the molecule is COc1cccc(COc2ncncc2C(=O)O)c1. The van der Waals surface area contributed by atoms with E-state index >= 15 is 0 Å². The molecule has 6 heteroatoms. The molecule has 1 aromatic heterocycles. The maximum absolute atomic E-state index is 11.0. The molecule has 0 aliphatic heterocycles. The number of carboxylic acid groups (broad SMARTS) is 1. The molecule has 0 atom stereocenters. The lowest BCUT2D eigenvalue weighted by Crippen LogP contribution is -2.06. The Morgan fingerprint density at radius 3 is 3.00 bits per heavy atom. The van der Waals surface area contributed by atoms with E-state index < -0.39 is 5.97 Å². The summed E-state index contributed by atoms with van der Waals surface area (Å²) in [7, 11) is 1.58. The Hall–Kier alpha value is -2.63. The average molecular weight is 260 g/mol. The van der Waals surface area contributed by atoms with Crippen LogP contribution in [0.1, 0.15) is 15.9 Å². The molecule has 0 fully saturated rings. The molecule has 0 saturated carbocycles. The van der Waals surface area contributed by atoms with Gasteiger partial charge >= 0.3 is 5.97 Å². The summed E-state index contributed by atoms with van der Waals surface area (Å²) in [6.45, 7) is 0.203. The number of hydrogen-bond acceptors (Lipinski definition) is 5. The van der Waals surface area contributed by atoms with Crippen molar-refractivity contribution in [2.45, 2.75) is 6.61 Å². The molecule has 1 heterocycles. The van der Waals surface area contributed by atoms with Crippen molar-refractivity contribution >= 4 is 5.97 Å². The van der Waals surface area contributed by atoms with E-state index in [1.165, 1.54) is 12.5 Å². The second-order valence-corrected chi connectivity index (χ2v) is 3.69. The van der Waals surface area contributed by atoms with Gasteiger partial charge < -0.3 is 14.6 Å². The normalized spacial score (nSPS) is 9.95. The van der Waals surface area contributed by atoms with Crippen LogP contribution >= 0.6 is 0 Å². The van der Waals surface area contributed by atoms with Crippen LogP contribution in [0.2, 0.25) is 0 Å². The van der Waals surface area contributed by atoms with E-state index in [-0.39, 0.29) is 18.1 Å². The molecule has 1 aromatic carbocycles. The minimum absolute atomic E-state index is 0.0466. The topological polar surface area (TPSA) is 81.5 Å². The fraction of sp³-hybridized carbons (Fsp3) is 0.154. The first kappa shape index (κ1) is 12.8. The number of nitrogens with zero attached hydrogens (tertiary/aromatic N) is 2. The number of benzene rings is 1. The van der Waals surface area contributed by atoms with Crippen LogP contribution in [0.15, 0.2) is 36.8 Å². The van der Waals surface area contributed by atoms with E-state index in [1.807, 2.05) is 24.3 Å². The van der Waals surface area contributed by atoms with Crippen LogP contribution < -0.4 is 9.47 Å². The predicted octanol–water partition coefficient (Wildman–Crippen LogP) is 1.76. The number of aromatic carboxylic acids is 1. The summed E-state index contributed by atoms with van der Waals surface area (Å²) in [5.74, 6) is -0.367. The van der Waals surface area contributed by atoms with Gasteiger partial charge in [-0.25, -0.2) is 14.8 Å². The first-order valence-electron chi connectivity index (χ1n) is 5.49. The summed E-state index contributed by atoms with van der Waals surface area (Å²) in [5.41, 5.74) is 0.791. The number of methoxy groups -OCH3 is 1. The zero-order valence-corrected chi connectivity index (χ0v) is 10.2. The van der Waals surface area contributed by atoms with Crippen LogP contribution in [0, 0.1) is 0 Å². The highest BCUT2D eigenvalue weighted by molar-refractivity contribution is 5.89. The van der Waals surface area contributed by atoms with Gasteiger partial charge in [-0.15, -0.1) is 0 Å². The number of carbonyl (C=O) groups is 1. The second kappa shape index (κ2) is 5.81. The summed E-state index contributed by atoms with van der Waals surface area (Å²) in [6.07, 6.45) is 2.45. The molecule has 0 radical (unpaired) electrons. The van der Waals surface area contributed by atoms with E-state index in [2.05, 4.69) is 9.97 Å². The van der Waals surface area contributed by atoms with E-state index in [1.54, 1.807) is 7.11 Å². The Balaban J connectivity index is 2.12. The summed E-state index contributed by atoms with van der Waals surface area (Å²) in [6, 6.07) is 7.30. The van der Waals surface area contributed by atoms with Crippen molar-refractivity contribution in [1.29, 1.82) is 0 Å². The second-order valence-electron chi connectivity index (χ2n) is 3.69. The predicted molar refractivity (Wildman–Crippen MR) is 66.3 cm³/mol. The van der Waals surface area contributed by atoms with Crippen molar-refractivity contribution in [2.75, 3.05) is 7.11 Å². The Morgan fingerprint density at radius 1 is 1.42 bits per heavy atom. The molecular weight excluding hydrogens is 248 g/mol. The summed E-state index contributed by atoms with van der Waals surface area (Å²) in [4.78, 5) is 18.4. The highest BCUT2D eigenvalue weighted by Gasteiger charge is 2.12. The van der Waals surface area contributed by atoms with E-state index in [0.717, 1.165) is 5.56 Å². The van der Waals surface area contributed by atoms with E-state index in [0.29, 0.717) is 5.75 Å². The molecule has 98 valence electrons. The molecule has 2 rings (SSSR count). The molecule has 0 saturated heterocycles. The Bertz CT molecular complexity index is 586. The molecule has 2 aromatic rings. The summed E-state index contributed by atoms with van der Waals surface area (Å²) >= 11 is 0. The van der Waals surface area contributed by atoms with Crippen molar-refractivity contribution in [3.8, 4) is 11.6 Å². The first-order valence-corrected chi connectivity index (χ1v) is 5.49. The van der Waals surface area contributed by atoms with Crippen LogP contribution in [0.25, 0.3) is 0 Å². The smallest absolute Gasteiger partial charge is 0.342 e. The highest BCUT2D eigenvalue weighted by Crippen LogP contribution is 2.17. The summed E-state index contributed by atoms with van der Waals surface area (Å²) < 4.78 is 10.5. The molecule has 0 aliphatic carbocycles. The molecule has 0 unspecified atom stereocenters. The maximum atomic E-state index is 11.0. The van der Waals surface area contributed by atoms with Crippen LogP contribution in [-0.2, 0) is 6.61 Å². The van der Waals surface area contributed by atoms with Crippen LogP contribution in [0.5, 0.6) is 11.6 Å². The van der Waals surface area contributed by atoms with Crippen LogP contribution in [0.4, 0.5) is 0 Å². The minimum atomic E-state index is -1.12. The number of aromatic nitrogens is 2. The van der Waals surface area contributed by atoms with Gasteiger partial charge in [0, 0.05) is 6.20 Å². The third kappa shape index (κ3) is 3.19. The van der Waals surface area contributed by atoms with Gasteiger partial charge in [0.15, 0.2) is 0 Å². The number of ether oxygens (including phenoxy) is 2. The van der Waals surface area contributed by atoms with Gasteiger partial charge in [-0.3, -0.25) is 0 Å². The van der Waals surface area contributed by atoms with Crippen LogP contribution in [0.3, 0.4) is 0 Å². The van der Waals surface area contributed by atoms with Crippen molar-refractivity contribution < 1.29 is 19.4 Å². The van der Waals surface area contributed by atoms with E-state index in [9.17, 15) is 4.79 Å². The maximum Gasteiger partial charge on any atom is 0.342 e. The lowest BCUT2D eigenvalue weighted by Gasteiger charge is -2.08. The Kier molecular flexibility index (Phi) is 3.92. The number of hydrogen-bond donors (Lipinski definition) is 1. The first-order chi connectivity index (χ1) is 9.20. The zero-order valence-electron chi connectivity index (χ0n) is 10.2. The molecular formula is C13H12N2O4. The largest absolute Gasteiger partial charge is 0.497 e. The number of carboxylic acids is 1. The molecule has 19 heavy (non-hydrogen) atoms. The molecule has 6 nitrogen and oxygen atoms in total. The molecule has 0 aliphatic rings. The quantitative estimate of drug-likeness (QED) is 0.882. The van der Waals surface area contributed by atoms with Gasteiger partial charge in [0.2, 0.25) is 5.88 Å². The van der Waals surface area contributed by atoms with Crippen molar-refractivity contribution in [1.82, 2.24) is 9.97 Å². The van der Waals surface area contributed by atoms with Gasteiger partial charge in [-0.05, 0) is 17.7 Å². The minimum Gasteiger partial charge on any atom is -0.497 e. The van der Waals surface area contributed by atoms with Gasteiger partial charge in [-0.2, -0.15) is 0 Å². The van der Waals surface area contributed by atoms with Crippen LogP contribution in [-0.4, -0.2) is 28.2 Å². The van der Waals surface area contributed by atoms with Gasteiger partial charge in [-0.1, -0.05) is 12.1 Å². The Morgan fingerprint density at radius 2 is 2.26 bits per heavy atom. The molecule has 1 N–H and O–H groups in total. The molecule has 0 spiro atoms. The fourth-order valence-electron chi connectivity index (χ4n) is 1.49. The zero-order chi connectivity index (χ0) is 13.7. The lowest BCUT2D eigenvalue weighted by molar-refractivity contribution is 0.0690. The third-order valence-corrected chi connectivity index (χ3v) is 2.42. The highest BCUT2D eigenvalue weighted by atomic mass is 16.5. The van der Waals surface area contributed by atoms with Gasteiger partial charge in [0.25, 0.3) is 0 Å². The van der Waals surface area contributed by atoms with E-state index in [4.69, 9.17) is 14.6 Å². The monoisotopic (exact) mass is 260 g/mol. The third-order valence-electron chi connectivity index (χ3n) is 2.42. The van der Waals surface area contributed by atoms with Crippen molar-refractivity contribution in [3.05, 3.63) is 47.9 Å².